The van der Waals surface area contributed by atoms with E-state index in [0.29, 0.717) is 18.9 Å². The van der Waals surface area contributed by atoms with Crippen molar-refractivity contribution in [3.63, 3.8) is 0 Å². The lowest BCUT2D eigenvalue weighted by Crippen LogP contribution is -2.34. The molecule has 1 fully saturated rings. The van der Waals surface area contributed by atoms with Crippen molar-refractivity contribution in [3.8, 4) is 11.3 Å². The summed E-state index contributed by atoms with van der Waals surface area (Å²) in [6, 6.07) is 4.46. The topological polar surface area (TPSA) is 85.8 Å². The third-order valence-corrected chi connectivity index (χ3v) is 7.44. The lowest BCUT2D eigenvalue weighted by atomic mass is 10.1. The fourth-order valence-electron chi connectivity index (χ4n) is 3.10. The Morgan fingerprint density at radius 3 is 2.61 bits per heavy atom. The maximum absolute atomic E-state index is 13.0. The number of esters is 1. The van der Waals surface area contributed by atoms with E-state index in [1.807, 2.05) is 0 Å². The first-order valence-electron chi connectivity index (χ1n) is 9.66. The Morgan fingerprint density at radius 1 is 1.27 bits per heavy atom. The number of alkyl halides is 3. The smallest absolute Gasteiger partial charge is 0.417 e. The van der Waals surface area contributed by atoms with Crippen LogP contribution in [-0.2, 0) is 30.5 Å². The number of nitrogens with zero attached hydrogens (tertiary/aromatic N) is 2. The van der Waals surface area contributed by atoms with Crippen LogP contribution in [-0.4, -0.2) is 56.6 Å². The Morgan fingerprint density at radius 2 is 2.00 bits per heavy atom. The molecule has 0 aliphatic carbocycles. The van der Waals surface area contributed by atoms with Gasteiger partial charge in [-0.25, -0.2) is 8.42 Å². The van der Waals surface area contributed by atoms with Gasteiger partial charge in [0.2, 0.25) is 10.0 Å². The van der Waals surface area contributed by atoms with Crippen LogP contribution in [0.1, 0.15) is 18.4 Å². The van der Waals surface area contributed by atoms with Crippen molar-refractivity contribution < 1.29 is 35.9 Å². The van der Waals surface area contributed by atoms with Gasteiger partial charge in [0.05, 0.1) is 27.4 Å². The summed E-state index contributed by atoms with van der Waals surface area (Å²) < 4.78 is 75.8. The highest BCUT2D eigenvalue weighted by molar-refractivity contribution is 7.89. The summed E-state index contributed by atoms with van der Waals surface area (Å²) in [5.74, 6) is -0.767. The molecule has 1 aliphatic heterocycles. The van der Waals surface area contributed by atoms with Crippen LogP contribution in [0.25, 0.3) is 11.3 Å². The number of likely N-dealkylation sites (N-methyl/N-ethyl adjacent to an activating group) is 1. The largest absolute Gasteiger partial charge is 0.462 e. The van der Waals surface area contributed by atoms with Crippen LogP contribution < -0.4 is 0 Å². The van der Waals surface area contributed by atoms with Gasteiger partial charge in [-0.05, 0) is 31.0 Å². The quantitative estimate of drug-likeness (QED) is 0.496. The molecule has 1 aliphatic rings. The van der Waals surface area contributed by atoms with Crippen LogP contribution in [0.4, 0.5) is 13.2 Å². The highest BCUT2D eigenvalue weighted by Gasteiger charge is 2.32. The zero-order valence-electron chi connectivity index (χ0n) is 17.2. The van der Waals surface area contributed by atoms with E-state index in [4.69, 9.17) is 32.7 Å². The van der Waals surface area contributed by atoms with Crippen LogP contribution in [0.5, 0.6) is 0 Å². The maximum atomic E-state index is 13.0. The molecule has 33 heavy (non-hydrogen) atoms. The van der Waals surface area contributed by atoms with Gasteiger partial charge >= 0.3 is 12.1 Å². The first kappa shape index (κ1) is 25.7. The number of benzene rings is 1. The normalized spacial score (nSPS) is 16.9. The van der Waals surface area contributed by atoms with Crippen LogP contribution in [0.3, 0.4) is 0 Å². The number of rotatable bonds is 7. The SMILES string of the molecule is CN(CC(=O)OCC1CCCO1)S(=O)(=O)c1cc(-c2ncc(C(F)(F)F)cc2Cl)ccc1Cl. The molecule has 180 valence electrons. The molecule has 0 saturated carbocycles. The van der Waals surface area contributed by atoms with Gasteiger partial charge in [0.25, 0.3) is 0 Å². The van der Waals surface area contributed by atoms with Crippen molar-refractivity contribution in [2.45, 2.75) is 30.0 Å². The number of sulfonamides is 1. The Labute approximate surface area is 198 Å². The third kappa shape index (κ3) is 6.15. The number of hydrogen-bond acceptors (Lipinski definition) is 6. The average Bonchev–Trinajstić information content (AvgIpc) is 3.25. The van der Waals surface area contributed by atoms with Crippen molar-refractivity contribution >= 4 is 39.2 Å². The molecule has 2 aromatic rings. The Hall–Kier alpha value is -1.92. The molecule has 0 bridgehead atoms. The van der Waals surface area contributed by atoms with Crippen LogP contribution >= 0.6 is 23.2 Å². The maximum Gasteiger partial charge on any atom is 0.417 e. The first-order valence-corrected chi connectivity index (χ1v) is 11.9. The van der Waals surface area contributed by atoms with Gasteiger partial charge in [-0.2, -0.15) is 17.5 Å². The second-order valence-electron chi connectivity index (χ2n) is 7.28. The van der Waals surface area contributed by atoms with Gasteiger partial charge < -0.3 is 9.47 Å². The second-order valence-corrected chi connectivity index (χ2v) is 10.1. The van der Waals surface area contributed by atoms with Crippen molar-refractivity contribution in [1.29, 1.82) is 0 Å². The minimum absolute atomic E-state index is 0.0288. The number of aromatic nitrogens is 1. The molecule has 0 amide bonds. The van der Waals surface area contributed by atoms with Crippen molar-refractivity contribution in [3.05, 3.63) is 46.1 Å². The molecule has 0 N–H and O–H groups in total. The molecule has 0 radical (unpaired) electrons. The number of pyridine rings is 1. The summed E-state index contributed by atoms with van der Waals surface area (Å²) in [5.41, 5.74) is -0.971. The molecule has 1 aromatic carbocycles. The fourth-order valence-corrected chi connectivity index (χ4v) is 4.98. The number of hydrogen-bond donors (Lipinski definition) is 0. The molecular formula is C20H19Cl2F3N2O5S. The minimum atomic E-state index is -4.63. The Kier molecular flexibility index (Phi) is 7.90. The van der Waals surface area contributed by atoms with E-state index in [1.54, 1.807) is 0 Å². The van der Waals surface area contributed by atoms with Gasteiger partial charge in [0.1, 0.15) is 18.0 Å². The Balaban J connectivity index is 1.80. The summed E-state index contributed by atoms with van der Waals surface area (Å²) in [7, 11) is -3.08. The van der Waals surface area contributed by atoms with Crippen LogP contribution in [0, 0.1) is 0 Å². The average molecular weight is 527 g/mol. The van der Waals surface area contributed by atoms with Crippen molar-refractivity contribution in [2.24, 2.45) is 0 Å². The second kappa shape index (κ2) is 10.1. The Bertz CT molecular complexity index is 1140. The lowest BCUT2D eigenvalue weighted by molar-refractivity contribution is -0.146. The van der Waals surface area contributed by atoms with E-state index in [9.17, 15) is 26.4 Å². The zero-order valence-corrected chi connectivity index (χ0v) is 19.6. The predicted octanol–water partition coefficient (Wildman–Crippen LogP) is 4.42. The fraction of sp³-hybridized carbons (Fsp3) is 0.400. The summed E-state index contributed by atoms with van der Waals surface area (Å²) in [5, 5.41) is -0.470. The zero-order chi connectivity index (χ0) is 24.4. The van der Waals surface area contributed by atoms with E-state index in [2.05, 4.69) is 4.98 Å². The minimum Gasteiger partial charge on any atom is -0.462 e. The molecule has 1 aromatic heterocycles. The van der Waals surface area contributed by atoms with Gasteiger partial charge in [-0.3, -0.25) is 9.78 Å². The van der Waals surface area contributed by atoms with Gasteiger partial charge in [-0.15, -0.1) is 0 Å². The molecule has 2 heterocycles. The van der Waals surface area contributed by atoms with Crippen LogP contribution in [0.15, 0.2) is 35.4 Å². The first-order chi connectivity index (χ1) is 15.4. The summed E-state index contributed by atoms with van der Waals surface area (Å²) >= 11 is 12.0. The number of ether oxygens (including phenoxy) is 2. The van der Waals surface area contributed by atoms with Gasteiger partial charge in [0, 0.05) is 25.4 Å². The van der Waals surface area contributed by atoms with Gasteiger partial charge in [-0.1, -0.05) is 29.3 Å². The molecule has 7 nitrogen and oxygen atoms in total. The number of halogens is 5. The summed E-state index contributed by atoms with van der Waals surface area (Å²) in [4.78, 5) is 15.4. The summed E-state index contributed by atoms with van der Waals surface area (Å²) in [6.45, 7) is 0.0408. The monoisotopic (exact) mass is 526 g/mol. The van der Waals surface area contributed by atoms with Crippen molar-refractivity contribution in [1.82, 2.24) is 9.29 Å². The van der Waals surface area contributed by atoms with E-state index in [1.165, 1.54) is 19.2 Å². The van der Waals surface area contributed by atoms with Crippen molar-refractivity contribution in [2.75, 3.05) is 26.8 Å². The highest BCUT2D eigenvalue weighted by Crippen LogP contribution is 2.36. The predicted molar refractivity (Wildman–Crippen MR) is 114 cm³/mol. The molecule has 1 unspecified atom stereocenters. The van der Waals surface area contributed by atoms with E-state index < -0.39 is 34.3 Å². The lowest BCUT2D eigenvalue weighted by Gasteiger charge is -2.19. The number of carbonyl (C=O) groups excluding carboxylic acids is 1. The summed E-state index contributed by atoms with van der Waals surface area (Å²) in [6.07, 6.45) is -2.62. The van der Waals surface area contributed by atoms with Gasteiger partial charge in [0.15, 0.2) is 0 Å². The molecule has 3 rings (SSSR count). The molecule has 1 atom stereocenters. The third-order valence-electron chi connectivity index (χ3n) is 4.87. The molecular weight excluding hydrogens is 508 g/mol. The van der Waals surface area contributed by atoms with E-state index in [0.717, 1.165) is 23.2 Å². The standard InChI is InChI=1S/C20H19Cl2F3N2O5S/c1-27(10-18(28)32-11-14-3-2-6-31-14)33(29,30)17-7-12(4-5-15(17)21)19-16(22)8-13(9-26-19)20(23,24)25/h4-5,7-9,14H,2-3,6,10-11H2,1H3. The van der Waals surface area contributed by atoms with E-state index in [-0.39, 0.29) is 38.9 Å². The molecule has 1 saturated heterocycles. The highest BCUT2D eigenvalue weighted by atomic mass is 35.5. The number of carbonyl (C=O) groups is 1. The molecule has 0 spiro atoms. The van der Waals surface area contributed by atoms with Crippen LogP contribution in [0.2, 0.25) is 10.0 Å². The molecule has 13 heteroatoms. The van der Waals surface area contributed by atoms with E-state index >= 15 is 0 Å².